The zero-order chi connectivity index (χ0) is 22.0. The number of aromatic amines is 1. The van der Waals surface area contributed by atoms with E-state index in [1.54, 1.807) is 31.3 Å². The monoisotopic (exact) mass is 419 g/mol. The van der Waals surface area contributed by atoms with Crippen LogP contribution in [-0.2, 0) is 25.4 Å². The van der Waals surface area contributed by atoms with Crippen molar-refractivity contribution in [1.82, 2.24) is 24.4 Å². The van der Waals surface area contributed by atoms with E-state index in [1.807, 2.05) is 30.3 Å². The molecule has 9 heteroatoms. The van der Waals surface area contributed by atoms with E-state index in [4.69, 9.17) is 4.74 Å². The maximum atomic E-state index is 12.3. The molecular formula is C22H21N5O4. The van der Waals surface area contributed by atoms with E-state index >= 15 is 0 Å². The highest BCUT2D eigenvalue weighted by Crippen LogP contribution is 2.21. The van der Waals surface area contributed by atoms with Gasteiger partial charge in [-0.3, -0.25) is 18.7 Å². The van der Waals surface area contributed by atoms with Crippen LogP contribution in [0, 0.1) is 0 Å². The third-order valence-electron chi connectivity index (χ3n) is 4.92. The summed E-state index contributed by atoms with van der Waals surface area (Å²) in [6.45, 7) is 0.338. The second-order valence-electron chi connectivity index (χ2n) is 7.07. The summed E-state index contributed by atoms with van der Waals surface area (Å²) >= 11 is 0. The van der Waals surface area contributed by atoms with E-state index in [1.165, 1.54) is 11.6 Å². The minimum absolute atomic E-state index is 0.102. The van der Waals surface area contributed by atoms with Gasteiger partial charge in [0.25, 0.3) is 11.5 Å². The van der Waals surface area contributed by atoms with Crippen molar-refractivity contribution in [2.45, 2.75) is 6.54 Å². The van der Waals surface area contributed by atoms with E-state index in [-0.39, 0.29) is 18.0 Å². The van der Waals surface area contributed by atoms with Crippen molar-refractivity contribution in [3.8, 4) is 17.1 Å². The Kier molecular flexibility index (Phi) is 5.40. The number of ether oxygens (including phenoxy) is 1. The number of H-pyrrole nitrogens is 1. The number of carbonyl (C=O) groups excluding carboxylic acids is 1. The van der Waals surface area contributed by atoms with Crippen molar-refractivity contribution in [1.29, 1.82) is 0 Å². The normalized spacial score (nSPS) is 10.9. The predicted octanol–water partition coefficient (Wildman–Crippen LogP) is 1.32. The molecule has 0 bridgehead atoms. The van der Waals surface area contributed by atoms with Crippen molar-refractivity contribution < 1.29 is 9.53 Å². The fourth-order valence-corrected chi connectivity index (χ4v) is 3.17. The number of hydrogen-bond acceptors (Lipinski definition) is 5. The number of hydrogen-bond donors (Lipinski definition) is 2. The van der Waals surface area contributed by atoms with Gasteiger partial charge in [-0.2, -0.15) is 0 Å². The van der Waals surface area contributed by atoms with E-state index in [9.17, 15) is 14.4 Å². The Hall–Kier alpha value is -4.14. The zero-order valence-electron chi connectivity index (χ0n) is 17.1. The van der Waals surface area contributed by atoms with Crippen LogP contribution < -0.4 is 21.3 Å². The fraction of sp³-hybridized carbons (Fsp3) is 0.182. The SMILES string of the molecule is Cn1c(=O)c2[nH]c(-c3ccc(OCC(=O)NCc4ccccc4)cc3)nc2n(C)c1=O. The first-order chi connectivity index (χ1) is 14.9. The molecule has 0 atom stereocenters. The number of nitrogens with zero attached hydrogens (tertiary/aromatic N) is 3. The maximum absolute atomic E-state index is 12.3. The van der Waals surface area contributed by atoms with Crippen molar-refractivity contribution >= 4 is 17.1 Å². The lowest BCUT2D eigenvalue weighted by molar-refractivity contribution is -0.123. The van der Waals surface area contributed by atoms with E-state index in [2.05, 4.69) is 15.3 Å². The van der Waals surface area contributed by atoms with Gasteiger partial charge in [-0.1, -0.05) is 30.3 Å². The van der Waals surface area contributed by atoms with Crippen LogP contribution in [0.15, 0.2) is 64.2 Å². The van der Waals surface area contributed by atoms with Crippen LogP contribution in [0.25, 0.3) is 22.6 Å². The van der Waals surface area contributed by atoms with Gasteiger partial charge in [0.2, 0.25) is 0 Å². The van der Waals surface area contributed by atoms with Crippen LogP contribution in [0.4, 0.5) is 0 Å². The molecule has 0 saturated heterocycles. The molecule has 2 N–H and O–H groups in total. The summed E-state index contributed by atoms with van der Waals surface area (Å²) in [4.78, 5) is 43.7. The first kappa shape index (κ1) is 20.1. The number of benzene rings is 2. The Bertz CT molecular complexity index is 1350. The second kappa shape index (κ2) is 8.31. The third kappa shape index (κ3) is 4.11. The quantitative estimate of drug-likeness (QED) is 0.490. The topological polar surface area (TPSA) is 111 Å². The number of rotatable bonds is 6. The smallest absolute Gasteiger partial charge is 0.332 e. The predicted molar refractivity (Wildman–Crippen MR) is 116 cm³/mol. The molecule has 4 aromatic rings. The van der Waals surface area contributed by atoms with Crippen molar-refractivity contribution in [2.75, 3.05) is 6.61 Å². The molecule has 0 unspecified atom stereocenters. The lowest BCUT2D eigenvalue weighted by Crippen LogP contribution is -2.36. The van der Waals surface area contributed by atoms with Crippen LogP contribution in [0.3, 0.4) is 0 Å². The molecule has 0 radical (unpaired) electrons. The largest absolute Gasteiger partial charge is 0.484 e. The van der Waals surface area contributed by atoms with Gasteiger partial charge in [-0.15, -0.1) is 0 Å². The van der Waals surface area contributed by atoms with Crippen LogP contribution in [0.5, 0.6) is 5.75 Å². The van der Waals surface area contributed by atoms with Gasteiger partial charge in [0.05, 0.1) is 0 Å². The van der Waals surface area contributed by atoms with Crippen molar-refractivity contribution in [3.05, 3.63) is 81.0 Å². The molecule has 158 valence electrons. The molecule has 2 aromatic carbocycles. The number of nitrogens with one attached hydrogen (secondary N) is 2. The molecule has 0 fully saturated rings. The molecule has 0 spiro atoms. The standard InChI is InChI=1S/C22H21N5O4/c1-26-20-18(21(29)27(2)22(26)30)24-19(25-20)15-8-10-16(11-9-15)31-13-17(28)23-12-14-6-4-3-5-7-14/h3-11H,12-13H2,1-2H3,(H,23,28)(H,24,25). The van der Waals surface area contributed by atoms with E-state index < -0.39 is 11.2 Å². The first-order valence-electron chi connectivity index (χ1n) is 9.63. The number of aromatic nitrogens is 4. The number of amides is 1. The first-order valence-corrected chi connectivity index (χ1v) is 9.63. The summed E-state index contributed by atoms with van der Waals surface area (Å²) < 4.78 is 7.89. The fourth-order valence-electron chi connectivity index (χ4n) is 3.17. The number of aryl methyl sites for hydroxylation is 1. The summed E-state index contributed by atoms with van der Waals surface area (Å²) in [7, 11) is 2.99. The number of carbonyl (C=O) groups is 1. The summed E-state index contributed by atoms with van der Waals surface area (Å²) in [5.74, 6) is 0.764. The Balaban J connectivity index is 1.43. The molecule has 0 aliphatic rings. The van der Waals surface area contributed by atoms with Crippen LogP contribution >= 0.6 is 0 Å². The summed E-state index contributed by atoms with van der Waals surface area (Å²) in [5.41, 5.74) is 1.40. The van der Waals surface area contributed by atoms with Crippen molar-refractivity contribution in [2.24, 2.45) is 14.1 Å². The number of imidazole rings is 1. The molecule has 0 aliphatic heterocycles. The van der Waals surface area contributed by atoms with Gasteiger partial charge in [-0.05, 0) is 29.8 Å². The average molecular weight is 419 g/mol. The average Bonchev–Trinajstić information content (AvgIpc) is 3.25. The molecule has 2 aromatic heterocycles. The highest BCUT2D eigenvalue weighted by atomic mass is 16.5. The Morgan fingerprint density at radius 3 is 2.45 bits per heavy atom. The zero-order valence-corrected chi connectivity index (χ0v) is 17.1. The van der Waals surface area contributed by atoms with Gasteiger partial charge in [0.15, 0.2) is 12.3 Å². The summed E-state index contributed by atoms with van der Waals surface area (Å²) in [5, 5.41) is 2.80. The lowest BCUT2D eigenvalue weighted by Gasteiger charge is -2.08. The molecule has 4 rings (SSSR count). The molecular weight excluding hydrogens is 398 g/mol. The highest BCUT2D eigenvalue weighted by molar-refractivity contribution is 5.77. The third-order valence-corrected chi connectivity index (χ3v) is 4.92. The van der Waals surface area contributed by atoms with Crippen molar-refractivity contribution in [3.63, 3.8) is 0 Å². The van der Waals surface area contributed by atoms with Gasteiger partial charge < -0.3 is 15.0 Å². The molecule has 31 heavy (non-hydrogen) atoms. The van der Waals surface area contributed by atoms with Gasteiger partial charge in [-0.25, -0.2) is 9.78 Å². The van der Waals surface area contributed by atoms with Gasteiger partial charge >= 0.3 is 5.69 Å². The molecule has 9 nitrogen and oxygen atoms in total. The molecule has 0 saturated carbocycles. The van der Waals surface area contributed by atoms with Gasteiger partial charge in [0, 0.05) is 26.2 Å². The summed E-state index contributed by atoms with van der Waals surface area (Å²) in [6, 6.07) is 16.6. The number of fused-ring (bicyclic) bond motifs is 1. The molecule has 0 aliphatic carbocycles. The molecule has 1 amide bonds. The summed E-state index contributed by atoms with van der Waals surface area (Å²) in [6.07, 6.45) is 0. The Morgan fingerprint density at radius 1 is 1.03 bits per heavy atom. The van der Waals surface area contributed by atoms with Crippen LogP contribution in [-0.4, -0.2) is 31.6 Å². The Morgan fingerprint density at radius 2 is 1.74 bits per heavy atom. The van der Waals surface area contributed by atoms with Crippen LogP contribution in [0.2, 0.25) is 0 Å². The van der Waals surface area contributed by atoms with E-state index in [0.29, 0.717) is 29.3 Å². The van der Waals surface area contributed by atoms with Gasteiger partial charge in [0.1, 0.15) is 17.1 Å². The van der Waals surface area contributed by atoms with Crippen LogP contribution in [0.1, 0.15) is 5.56 Å². The maximum Gasteiger partial charge on any atom is 0.332 e. The minimum atomic E-state index is -0.440. The van der Waals surface area contributed by atoms with E-state index in [0.717, 1.165) is 10.1 Å². The highest BCUT2D eigenvalue weighted by Gasteiger charge is 2.14. The minimum Gasteiger partial charge on any atom is -0.484 e. The molecule has 2 heterocycles. The lowest BCUT2D eigenvalue weighted by atomic mass is 10.2. The Labute approximate surface area is 176 Å². The second-order valence-corrected chi connectivity index (χ2v) is 7.07.